The largest absolute Gasteiger partial charge is 0.320 e. The van der Waals surface area contributed by atoms with Gasteiger partial charge in [-0.2, -0.15) is 0 Å². The Morgan fingerprint density at radius 1 is 0.962 bits per heavy atom. The molecule has 128 valence electrons. The van der Waals surface area contributed by atoms with E-state index < -0.39 is 0 Å². The maximum atomic E-state index is 12.7. The van der Waals surface area contributed by atoms with Gasteiger partial charge in [0.05, 0.1) is 12.2 Å². The molecule has 0 aliphatic carbocycles. The second kappa shape index (κ2) is 6.80. The van der Waals surface area contributed by atoms with E-state index in [1.807, 2.05) is 79.7 Å². The molecule has 1 aromatic heterocycles. The third-order valence-electron chi connectivity index (χ3n) is 4.41. The van der Waals surface area contributed by atoms with Crippen molar-refractivity contribution in [2.24, 2.45) is 0 Å². The predicted octanol–water partition coefficient (Wildman–Crippen LogP) is 4.04. The summed E-state index contributed by atoms with van der Waals surface area (Å²) in [5, 5.41) is 13.3. The molecule has 3 aromatic carbocycles. The third kappa shape index (κ3) is 3.07. The molecule has 0 spiro atoms. The molecular weight excluding hydrogens is 324 g/mol. The minimum Gasteiger partial charge on any atom is -0.320 e. The molecule has 0 atom stereocenters. The summed E-state index contributed by atoms with van der Waals surface area (Å²) in [6.45, 7) is 2.45. The number of hydrogen-bond acceptors (Lipinski definition) is 3. The second-order valence-corrected chi connectivity index (χ2v) is 6.15. The van der Waals surface area contributed by atoms with E-state index in [4.69, 9.17) is 0 Å². The summed E-state index contributed by atoms with van der Waals surface area (Å²) in [6.07, 6.45) is 0. The topological polar surface area (TPSA) is 59.8 Å². The molecule has 26 heavy (non-hydrogen) atoms. The monoisotopic (exact) mass is 342 g/mol. The average molecular weight is 342 g/mol. The maximum Gasteiger partial charge on any atom is 0.278 e. The molecule has 0 unspecified atom stereocenters. The van der Waals surface area contributed by atoms with E-state index in [0.717, 1.165) is 27.7 Å². The van der Waals surface area contributed by atoms with Crippen molar-refractivity contribution in [2.45, 2.75) is 13.5 Å². The molecule has 0 saturated heterocycles. The lowest BCUT2D eigenvalue weighted by atomic mass is 10.1. The Hall–Kier alpha value is -3.47. The lowest BCUT2D eigenvalue weighted by Gasteiger charge is -2.08. The third-order valence-corrected chi connectivity index (χ3v) is 4.41. The van der Waals surface area contributed by atoms with Gasteiger partial charge in [-0.1, -0.05) is 71.9 Å². The summed E-state index contributed by atoms with van der Waals surface area (Å²) in [5.41, 5.74) is 2.96. The van der Waals surface area contributed by atoms with Crippen molar-refractivity contribution in [2.75, 3.05) is 5.32 Å². The van der Waals surface area contributed by atoms with Gasteiger partial charge in [0.1, 0.15) is 0 Å². The van der Waals surface area contributed by atoms with Crippen molar-refractivity contribution >= 4 is 22.4 Å². The zero-order valence-electron chi connectivity index (χ0n) is 14.4. The Morgan fingerprint density at radius 3 is 2.54 bits per heavy atom. The zero-order valence-corrected chi connectivity index (χ0v) is 14.4. The van der Waals surface area contributed by atoms with Gasteiger partial charge in [0.2, 0.25) is 0 Å². The number of nitrogens with one attached hydrogen (secondary N) is 1. The van der Waals surface area contributed by atoms with Crippen LogP contribution in [-0.2, 0) is 6.54 Å². The van der Waals surface area contributed by atoms with Crippen molar-refractivity contribution in [3.63, 3.8) is 0 Å². The molecule has 0 saturated carbocycles. The number of aromatic nitrogens is 3. The minimum atomic E-state index is -0.252. The molecule has 0 fully saturated rings. The Morgan fingerprint density at radius 2 is 1.69 bits per heavy atom. The summed E-state index contributed by atoms with van der Waals surface area (Å²) < 4.78 is 1.74. The number of carbonyl (C=O) groups excluding carboxylic acids is 1. The van der Waals surface area contributed by atoms with Gasteiger partial charge < -0.3 is 5.32 Å². The molecule has 5 nitrogen and oxygen atoms in total. The number of nitrogens with zero attached hydrogens (tertiary/aromatic N) is 3. The number of rotatable bonds is 4. The fourth-order valence-electron chi connectivity index (χ4n) is 2.99. The van der Waals surface area contributed by atoms with Crippen molar-refractivity contribution in [3.8, 4) is 0 Å². The van der Waals surface area contributed by atoms with E-state index in [2.05, 4.69) is 15.6 Å². The normalized spacial score (nSPS) is 10.8. The quantitative estimate of drug-likeness (QED) is 0.609. The van der Waals surface area contributed by atoms with Crippen LogP contribution in [0, 0.1) is 6.92 Å². The summed E-state index contributed by atoms with van der Waals surface area (Å²) in [4.78, 5) is 12.7. The summed E-state index contributed by atoms with van der Waals surface area (Å²) in [5.74, 6) is -0.252. The highest BCUT2D eigenvalue weighted by Crippen LogP contribution is 2.23. The standard InChI is InChI=1S/C21H18N4O/c1-15-20(23-24-25(15)14-16-8-3-2-4-9-16)21(26)22-19-13-7-11-17-10-5-6-12-18(17)19/h2-13H,14H2,1H3,(H,22,26). The van der Waals surface area contributed by atoms with Crippen LogP contribution in [0.5, 0.6) is 0 Å². The van der Waals surface area contributed by atoms with E-state index >= 15 is 0 Å². The minimum absolute atomic E-state index is 0.252. The van der Waals surface area contributed by atoms with Gasteiger partial charge >= 0.3 is 0 Å². The molecule has 0 aliphatic rings. The van der Waals surface area contributed by atoms with Gasteiger partial charge in [-0.25, -0.2) is 4.68 Å². The van der Waals surface area contributed by atoms with E-state index in [9.17, 15) is 4.79 Å². The van der Waals surface area contributed by atoms with Crippen molar-refractivity contribution in [3.05, 3.63) is 89.7 Å². The number of amides is 1. The first-order chi connectivity index (χ1) is 12.7. The van der Waals surface area contributed by atoms with Crippen LogP contribution >= 0.6 is 0 Å². The summed E-state index contributed by atoms with van der Waals surface area (Å²) >= 11 is 0. The second-order valence-electron chi connectivity index (χ2n) is 6.15. The summed E-state index contributed by atoms with van der Waals surface area (Å²) in [6, 6.07) is 23.8. The van der Waals surface area contributed by atoms with E-state index in [1.54, 1.807) is 4.68 Å². The van der Waals surface area contributed by atoms with Crippen LogP contribution in [0.2, 0.25) is 0 Å². The van der Waals surface area contributed by atoms with Crippen LogP contribution in [0.15, 0.2) is 72.8 Å². The molecule has 1 heterocycles. The lowest BCUT2D eigenvalue weighted by molar-refractivity contribution is 0.102. The highest BCUT2D eigenvalue weighted by Gasteiger charge is 2.17. The van der Waals surface area contributed by atoms with Crippen LogP contribution in [0.1, 0.15) is 21.7 Å². The Labute approximate surface area is 151 Å². The smallest absolute Gasteiger partial charge is 0.278 e. The Kier molecular flexibility index (Phi) is 4.19. The molecule has 4 aromatic rings. The maximum absolute atomic E-state index is 12.7. The Balaban J connectivity index is 1.59. The first-order valence-corrected chi connectivity index (χ1v) is 8.45. The molecule has 1 amide bonds. The van der Waals surface area contributed by atoms with Gasteiger partial charge in [-0.15, -0.1) is 5.10 Å². The van der Waals surface area contributed by atoms with Gasteiger partial charge in [-0.05, 0) is 23.9 Å². The number of fused-ring (bicyclic) bond motifs is 1. The fraction of sp³-hybridized carbons (Fsp3) is 0.0952. The van der Waals surface area contributed by atoms with Gasteiger partial charge in [0.25, 0.3) is 5.91 Å². The number of anilines is 1. The summed E-state index contributed by atoms with van der Waals surface area (Å²) in [7, 11) is 0. The molecular formula is C21H18N4O. The number of carbonyl (C=O) groups is 1. The van der Waals surface area contributed by atoms with Gasteiger partial charge in [0, 0.05) is 11.1 Å². The van der Waals surface area contributed by atoms with E-state index in [-0.39, 0.29) is 5.91 Å². The van der Waals surface area contributed by atoms with Crippen LogP contribution in [0.4, 0.5) is 5.69 Å². The van der Waals surface area contributed by atoms with Crippen molar-refractivity contribution in [1.29, 1.82) is 0 Å². The number of hydrogen-bond donors (Lipinski definition) is 1. The SMILES string of the molecule is Cc1c(C(=O)Nc2cccc3ccccc23)nnn1Cc1ccccc1. The van der Waals surface area contributed by atoms with Crippen LogP contribution in [0.25, 0.3) is 10.8 Å². The van der Waals surface area contributed by atoms with Crippen molar-refractivity contribution in [1.82, 2.24) is 15.0 Å². The van der Waals surface area contributed by atoms with E-state index in [1.165, 1.54) is 0 Å². The van der Waals surface area contributed by atoms with Crippen LogP contribution < -0.4 is 5.32 Å². The van der Waals surface area contributed by atoms with Gasteiger partial charge in [0.15, 0.2) is 5.69 Å². The molecule has 1 N–H and O–H groups in total. The molecule has 0 radical (unpaired) electrons. The highest BCUT2D eigenvalue weighted by atomic mass is 16.2. The molecule has 0 aliphatic heterocycles. The first-order valence-electron chi connectivity index (χ1n) is 8.45. The molecule has 4 rings (SSSR count). The van der Waals surface area contributed by atoms with E-state index in [0.29, 0.717) is 12.2 Å². The predicted molar refractivity (Wildman–Crippen MR) is 102 cm³/mol. The number of benzene rings is 3. The highest BCUT2D eigenvalue weighted by molar-refractivity contribution is 6.08. The zero-order chi connectivity index (χ0) is 17.9. The molecule has 0 bridgehead atoms. The van der Waals surface area contributed by atoms with Crippen molar-refractivity contribution < 1.29 is 4.79 Å². The van der Waals surface area contributed by atoms with Gasteiger partial charge in [-0.3, -0.25) is 4.79 Å². The first kappa shape index (κ1) is 16.0. The Bertz CT molecular complexity index is 1060. The van der Waals surface area contributed by atoms with Crippen LogP contribution in [-0.4, -0.2) is 20.9 Å². The fourth-order valence-corrected chi connectivity index (χ4v) is 2.99. The van der Waals surface area contributed by atoms with Crippen LogP contribution in [0.3, 0.4) is 0 Å². The molecule has 5 heteroatoms. The average Bonchev–Trinajstić information content (AvgIpc) is 3.03. The lowest BCUT2D eigenvalue weighted by Crippen LogP contribution is -2.14.